The van der Waals surface area contributed by atoms with Crippen molar-refractivity contribution < 1.29 is 13.2 Å². The van der Waals surface area contributed by atoms with Gasteiger partial charge in [-0.3, -0.25) is 14.3 Å². The van der Waals surface area contributed by atoms with E-state index in [-0.39, 0.29) is 29.2 Å². The van der Waals surface area contributed by atoms with Crippen molar-refractivity contribution in [2.45, 2.75) is 44.3 Å². The van der Waals surface area contributed by atoms with E-state index in [1.807, 2.05) is 47.9 Å². The summed E-state index contributed by atoms with van der Waals surface area (Å²) in [6, 6.07) is 11.5. The standard InChI is InChI=1S/C24H29N5O3S2/c1-3-4-13-28(20-11-14-34(31,32)17-20)22(30)16-33-24-27-26-23(19-9-7-12-25-15-19)29(24)21-10-6-5-8-18(21)2/h5-10,12,15,20H,3-4,11,13-14,16-17H2,1-2H3. The Labute approximate surface area is 204 Å². The van der Waals surface area contributed by atoms with Gasteiger partial charge >= 0.3 is 0 Å². The second kappa shape index (κ2) is 10.7. The van der Waals surface area contributed by atoms with E-state index >= 15 is 0 Å². The fourth-order valence-electron chi connectivity index (χ4n) is 4.15. The Morgan fingerprint density at radius 2 is 2.03 bits per heavy atom. The van der Waals surface area contributed by atoms with Crippen LogP contribution in [0.3, 0.4) is 0 Å². The molecule has 4 rings (SSSR count). The third kappa shape index (κ3) is 5.50. The Morgan fingerprint density at radius 3 is 2.71 bits per heavy atom. The lowest BCUT2D eigenvalue weighted by atomic mass is 10.2. The van der Waals surface area contributed by atoms with Crippen molar-refractivity contribution in [3.05, 3.63) is 54.4 Å². The molecular weight excluding hydrogens is 470 g/mol. The third-order valence-electron chi connectivity index (χ3n) is 5.96. The maximum Gasteiger partial charge on any atom is 0.233 e. The van der Waals surface area contributed by atoms with Crippen LogP contribution in [-0.2, 0) is 14.6 Å². The van der Waals surface area contributed by atoms with Crippen LogP contribution in [0, 0.1) is 6.92 Å². The van der Waals surface area contributed by atoms with Crippen LogP contribution in [0.1, 0.15) is 31.7 Å². The van der Waals surface area contributed by atoms with Crippen LogP contribution in [0.15, 0.2) is 53.9 Å². The van der Waals surface area contributed by atoms with Crippen molar-refractivity contribution in [2.24, 2.45) is 0 Å². The number of aromatic nitrogens is 4. The van der Waals surface area contributed by atoms with Gasteiger partial charge in [0.25, 0.3) is 0 Å². The van der Waals surface area contributed by atoms with Gasteiger partial charge in [0.2, 0.25) is 5.91 Å². The predicted octanol–water partition coefficient (Wildman–Crippen LogP) is 3.55. The highest BCUT2D eigenvalue weighted by Gasteiger charge is 2.34. The van der Waals surface area contributed by atoms with E-state index in [0.29, 0.717) is 23.9 Å². The third-order valence-corrected chi connectivity index (χ3v) is 8.62. The Kier molecular flexibility index (Phi) is 7.67. The van der Waals surface area contributed by atoms with Crippen LogP contribution < -0.4 is 0 Å². The molecule has 10 heteroatoms. The van der Waals surface area contributed by atoms with Gasteiger partial charge in [-0.1, -0.05) is 43.3 Å². The summed E-state index contributed by atoms with van der Waals surface area (Å²) in [6.45, 7) is 4.66. The number of sulfone groups is 1. The summed E-state index contributed by atoms with van der Waals surface area (Å²) in [7, 11) is -3.07. The number of thioether (sulfide) groups is 1. The van der Waals surface area contributed by atoms with Gasteiger partial charge in [-0.15, -0.1) is 10.2 Å². The van der Waals surface area contributed by atoms with E-state index in [2.05, 4.69) is 22.1 Å². The number of carbonyl (C=O) groups excluding carboxylic acids is 1. The highest BCUT2D eigenvalue weighted by Crippen LogP contribution is 2.30. The van der Waals surface area contributed by atoms with Crippen LogP contribution in [0.5, 0.6) is 0 Å². The van der Waals surface area contributed by atoms with Crippen molar-refractivity contribution in [1.82, 2.24) is 24.6 Å². The zero-order chi connectivity index (χ0) is 24.1. The normalized spacial score (nSPS) is 17.1. The lowest BCUT2D eigenvalue weighted by Crippen LogP contribution is -2.42. The highest BCUT2D eigenvalue weighted by atomic mass is 32.2. The first-order chi connectivity index (χ1) is 16.4. The van der Waals surface area contributed by atoms with Crippen molar-refractivity contribution >= 4 is 27.5 Å². The zero-order valence-corrected chi connectivity index (χ0v) is 21.1. The van der Waals surface area contributed by atoms with Gasteiger partial charge in [-0.05, 0) is 43.5 Å². The summed E-state index contributed by atoms with van der Waals surface area (Å²) in [5.41, 5.74) is 2.82. The first kappa shape index (κ1) is 24.4. The van der Waals surface area contributed by atoms with Crippen molar-refractivity contribution in [1.29, 1.82) is 0 Å². The van der Waals surface area contributed by atoms with Gasteiger partial charge in [0, 0.05) is 30.5 Å². The summed E-state index contributed by atoms with van der Waals surface area (Å²) < 4.78 is 26.0. The summed E-state index contributed by atoms with van der Waals surface area (Å²) in [6.07, 6.45) is 5.74. The van der Waals surface area contributed by atoms with E-state index in [4.69, 9.17) is 0 Å². The first-order valence-corrected chi connectivity index (χ1v) is 14.2. The molecule has 180 valence electrons. The SMILES string of the molecule is CCCCN(C(=O)CSc1nnc(-c2cccnc2)n1-c1ccccc1C)C1CCS(=O)(=O)C1. The summed E-state index contributed by atoms with van der Waals surface area (Å²) in [4.78, 5) is 19.2. The summed E-state index contributed by atoms with van der Waals surface area (Å²) in [5.74, 6) is 0.955. The van der Waals surface area contributed by atoms with Crippen LogP contribution in [-0.4, -0.2) is 68.8 Å². The van der Waals surface area contributed by atoms with Crippen LogP contribution in [0.4, 0.5) is 0 Å². The maximum atomic E-state index is 13.3. The fourth-order valence-corrected chi connectivity index (χ4v) is 6.71. The molecule has 0 bridgehead atoms. The molecule has 1 fully saturated rings. The summed E-state index contributed by atoms with van der Waals surface area (Å²) >= 11 is 1.32. The number of amides is 1. The lowest BCUT2D eigenvalue weighted by Gasteiger charge is -2.28. The second-order valence-electron chi connectivity index (χ2n) is 8.46. The van der Waals surface area contributed by atoms with Crippen molar-refractivity contribution in [3.63, 3.8) is 0 Å². The average molecular weight is 500 g/mol. The number of nitrogens with zero attached hydrogens (tertiary/aromatic N) is 5. The monoisotopic (exact) mass is 499 g/mol. The molecular formula is C24H29N5O3S2. The van der Waals surface area contributed by atoms with Gasteiger partial charge in [-0.2, -0.15) is 0 Å². The smallest absolute Gasteiger partial charge is 0.233 e. The zero-order valence-electron chi connectivity index (χ0n) is 19.4. The molecule has 1 aliphatic heterocycles. The van der Waals surface area contributed by atoms with Crippen molar-refractivity contribution in [2.75, 3.05) is 23.8 Å². The maximum absolute atomic E-state index is 13.3. The highest BCUT2D eigenvalue weighted by molar-refractivity contribution is 7.99. The minimum atomic E-state index is -3.07. The van der Waals surface area contributed by atoms with E-state index in [9.17, 15) is 13.2 Å². The number of para-hydroxylation sites is 1. The molecule has 3 aromatic rings. The second-order valence-corrected chi connectivity index (χ2v) is 11.6. The number of hydrogen-bond acceptors (Lipinski definition) is 7. The number of benzene rings is 1. The minimum Gasteiger partial charge on any atom is -0.338 e. The number of carbonyl (C=O) groups is 1. The van der Waals surface area contributed by atoms with Crippen LogP contribution in [0.25, 0.3) is 17.1 Å². The molecule has 1 atom stereocenters. The molecule has 1 amide bonds. The molecule has 0 N–H and O–H groups in total. The molecule has 1 aliphatic rings. The molecule has 0 saturated carbocycles. The van der Waals surface area contributed by atoms with Crippen molar-refractivity contribution in [3.8, 4) is 17.1 Å². The molecule has 3 heterocycles. The largest absolute Gasteiger partial charge is 0.338 e. The predicted molar refractivity (Wildman–Crippen MR) is 134 cm³/mol. The van der Waals surface area contributed by atoms with Gasteiger partial charge in [0.05, 0.1) is 22.9 Å². The topological polar surface area (TPSA) is 98.1 Å². The Hall–Kier alpha value is -2.72. The Bertz CT molecular complexity index is 1240. The van der Waals surface area contributed by atoms with Gasteiger partial charge in [0.15, 0.2) is 20.8 Å². The molecule has 1 unspecified atom stereocenters. The summed E-state index contributed by atoms with van der Waals surface area (Å²) in [5, 5.41) is 9.43. The molecule has 0 radical (unpaired) electrons. The number of pyridine rings is 1. The van der Waals surface area contributed by atoms with E-state index in [1.54, 1.807) is 17.3 Å². The molecule has 8 nitrogen and oxygen atoms in total. The fraction of sp³-hybridized carbons (Fsp3) is 0.417. The number of aryl methyl sites for hydroxylation is 1. The first-order valence-electron chi connectivity index (χ1n) is 11.4. The van der Waals surface area contributed by atoms with E-state index in [0.717, 1.165) is 29.7 Å². The quantitative estimate of drug-likeness (QED) is 0.415. The molecule has 1 saturated heterocycles. The Morgan fingerprint density at radius 1 is 1.21 bits per heavy atom. The molecule has 34 heavy (non-hydrogen) atoms. The van der Waals surface area contributed by atoms with E-state index < -0.39 is 9.84 Å². The van der Waals surface area contributed by atoms with Gasteiger partial charge in [-0.25, -0.2) is 8.42 Å². The molecule has 2 aromatic heterocycles. The van der Waals surface area contributed by atoms with Crippen LogP contribution >= 0.6 is 11.8 Å². The Balaban J connectivity index is 1.60. The average Bonchev–Trinajstić information content (AvgIpc) is 3.41. The lowest BCUT2D eigenvalue weighted by molar-refractivity contribution is -0.130. The number of unbranched alkanes of at least 4 members (excludes halogenated alkanes) is 1. The number of hydrogen-bond donors (Lipinski definition) is 0. The number of rotatable bonds is 9. The van der Waals surface area contributed by atoms with Crippen LogP contribution in [0.2, 0.25) is 0 Å². The minimum absolute atomic E-state index is 0.0532. The van der Waals surface area contributed by atoms with Gasteiger partial charge in [0.1, 0.15) is 0 Å². The van der Waals surface area contributed by atoms with Gasteiger partial charge < -0.3 is 4.90 Å². The molecule has 1 aromatic carbocycles. The molecule has 0 aliphatic carbocycles. The molecule has 0 spiro atoms. The van der Waals surface area contributed by atoms with E-state index in [1.165, 1.54) is 11.8 Å².